The predicted octanol–water partition coefficient (Wildman–Crippen LogP) is 9.71. The third-order valence-electron chi connectivity index (χ3n) is 4.18. The van der Waals surface area contributed by atoms with Gasteiger partial charge in [-0.15, -0.1) is 0 Å². The molecule has 0 N–H and O–H groups in total. The molecule has 29 heavy (non-hydrogen) atoms. The average molecular weight is 536 g/mol. The van der Waals surface area contributed by atoms with Crippen LogP contribution < -0.4 is 0 Å². The zero-order valence-corrected chi connectivity index (χ0v) is 26.3. The summed E-state index contributed by atoms with van der Waals surface area (Å²) in [5.74, 6) is 5.45. The summed E-state index contributed by atoms with van der Waals surface area (Å²) < 4.78 is 0. The Hall–Kier alpha value is 1.93. The van der Waals surface area contributed by atoms with Crippen molar-refractivity contribution in [2.75, 3.05) is 37.0 Å². The Morgan fingerprint density at radius 1 is 0.414 bits per heavy atom. The monoisotopic (exact) mass is 534 g/mol. The summed E-state index contributed by atoms with van der Waals surface area (Å²) in [4.78, 5) is 0. The maximum absolute atomic E-state index is 4.70. The fraction of sp³-hybridized carbons (Fsp3) is 1.00. The zero-order valence-electron chi connectivity index (χ0n) is 21.8. The van der Waals surface area contributed by atoms with Crippen LogP contribution >= 0.6 is 36.2 Å². The molecule has 0 aliphatic rings. The molecular weight excluding hydrogens is 480 g/mol. The minimum atomic E-state index is -0.0432. The van der Waals surface area contributed by atoms with E-state index in [1.54, 1.807) is 0 Å². The van der Waals surface area contributed by atoms with Gasteiger partial charge in [-0.1, -0.05) is 83.1 Å². The Morgan fingerprint density at radius 3 is 0.586 bits per heavy atom. The summed E-state index contributed by atoms with van der Waals surface area (Å²) in [6, 6.07) is 0. The molecule has 184 valence electrons. The molecule has 0 aromatic carbocycles. The van der Waals surface area contributed by atoms with Gasteiger partial charge in [0.05, 0.1) is 37.0 Å². The number of rotatable bonds is 12. The molecule has 0 saturated heterocycles. The first-order valence-electron chi connectivity index (χ1n) is 11.7. The molecule has 0 aliphatic carbocycles. The van der Waals surface area contributed by atoms with Crippen molar-refractivity contribution in [2.45, 2.75) is 83.1 Å². The topological polar surface area (TPSA) is 0 Å². The Morgan fingerprint density at radius 2 is 0.517 bits per heavy atom. The molecule has 0 amide bonds. The molecule has 0 heterocycles. The van der Waals surface area contributed by atoms with Gasteiger partial charge >= 0.3 is 33.0 Å². The van der Waals surface area contributed by atoms with E-state index in [0.717, 1.165) is 35.5 Å². The quantitative estimate of drug-likeness (QED) is 0.172. The SMILES string of the molecule is CC(C)C[PH+](CC(C)C)CC(C)C.CC(C)C[PH+](CC(C)C)CC(C)C.[Cl][Ni][Cl]. The molecule has 0 aromatic heterocycles. The molecule has 0 aromatic rings. The molecule has 0 atom stereocenters. The summed E-state index contributed by atoms with van der Waals surface area (Å²) >= 11 is 0.569. The van der Waals surface area contributed by atoms with Crippen LogP contribution in [-0.2, 0) is 12.7 Å². The van der Waals surface area contributed by atoms with E-state index in [9.17, 15) is 0 Å². The van der Waals surface area contributed by atoms with Gasteiger partial charge in [0.25, 0.3) is 0 Å². The molecule has 5 heteroatoms. The third-order valence-corrected chi connectivity index (χ3v) is 12.5. The van der Waals surface area contributed by atoms with Gasteiger partial charge in [-0.2, -0.15) is 0 Å². The van der Waals surface area contributed by atoms with Gasteiger partial charge in [-0.3, -0.25) is 0 Å². The van der Waals surface area contributed by atoms with Crippen molar-refractivity contribution in [2.24, 2.45) is 35.5 Å². The fourth-order valence-corrected chi connectivity index (χ4v) is 11.9. The van der Waals surface area contributed by atoms with Crippen LogP contribution in [-0.4, -0.2) is 37.0 Å². The van der Waals surface area contributed by atoms with Crippen molar-refractivity contribution >= 4 is 36.2 Å². The van der Waals surface area contributed by atoms with Crippen LogP contribution in [0, 0.1) is 35.5 Å². The normalized spacial score (nSPS) is 11.9. The molecule has 0 spiro atoms. The van der Waals surface area contributed by atoms with Gasteiger partial charge in [0.2, 0.25) is 0 Å². The summed E-state index contributed by atoms with van der Waals surface area (Å²) in [6.45, 7) is 28.4. The summed E-state index contributed by atoms with van der Waals surface area (Å²) in [6.07, 6.45) is 9.09. The van der Waals surface area contributed by atoms with E-state index >= 15 is 0 Å². The van der Waals surface area contributed by atoms with Crippen molar-refractivity contribution in [1.82, 2.24) is 0 Å². The van der Waals surface area contributed by atoms with E-state index < -0.39 is 0 Å². The van der Waals surface area contributed by atoms with Gasteiger partial charge in [0.1, 0.15) is 0 Å². The van der Waals surface area contributed by atoms with Crippen LogP contribution in [0.5, 0.6) is 0 Å². The van der Waals surface area contributed by atoms with Crippen LogP contribution in [0.4, 0.5) is 0 Å². The first kappa shape index (κ1) is 35.5. The van der Waals surface area contributed by atoms with Crippen LogP contribution in [0.25, 0.3) is 0 Å². The van der Waals surface area contributed by atoms with Gasteiger partial charge in [0.15, 0.2) is 0 Å². The minimum absolute atomic E-state index is 0.0432. The average Bonchev–Trinajstić information content (AvgIpc) is 2.43. The first-order valence-corrected chi connectivity index (χ1v) is 18.7. The van der Waals surface area contributed by atoms with E-state index in [2.05, 4.69) is 83.1 Å². The Labute approximate surface area is 203 Å². The van der Waals surface area contributed by atoms with Crippen molar-refractivity contribution < 1.29 is 12.7 Å². The van der Waals surface area contributed by atoms with E-state index in [0.29, 0.717) is 12.7 Å². The summed E-state index contributed by atoms with van der Waals surface area (Å²) in [5.41, 5.74) is 0. The molecular formula is C24H56Cl2NiP2+2. The molecule has 0 fully saturated rings. The zero-order chi connectivity index (χ0) is 23.6. The van der Waals surface area contributed by atoms with Crippen molar-refractivity contribution in [3.8, 4) is 0 Å². The Kier molecular flexibility index (Phi) is 28.3. The van der Waals surface area contributed by atoms with E-state index in [-0.39, 0.29) is 15.8 Å². The van der Waals surface area contributed by atoms with E-state index in [1.807, 2.05) is 0 Å². The molecule has 0 rings (SSSR count). The van der Waals surface area contributed by atoms with Gasteiger partial charge < -0.3 is 0 Å². The van der Waals surface area contributed by atoms with Gasteiger partial charge in [0, 0.05) is 15.8 Å². The van der Waals surface area contributed by atoms with Crippen molar-refractivity contribution in [3.63, 3.8) is 0 Å². The number of hydrogen-bond acceptors (Lipinski definition) is 0. The summed E-state index contributed by atoms with van der Waals surface area (Å²) in [5, 5.41) is 0. The maximum atomic E-state index is 4.70. The standard InChI is InChI=1S/2C12H27P.2ClH.Ni/c2*1-10(2)7-13(8-11(3)4)9-12(5)6;;;/h2*10-12H,7-9H2,1-6H3;2*1H;/q;;;;+2. The van der Waals surface area contributed by atoms with Crippen LogP contribution in [0.2, 0.25) is 0 Å². The molecule has 0 aliphatic heterocycles. The van der Waals surface area contributed by atoms with Crippen LogP contribution in [0.3, 0.4) is 0 Å². The van der Waals surface area contributed by atoms with Crippen LogP contribution in [0.15, 0.2) is 0 Å². The summed E-state index contributed by atoms with van der Waals surface area (Å²) in [7, 11) is 9.32. The molecule has 0 unspecified atom stereocenters. The fourth-order valence-electron chi connectivity index (χ4n) is 3.96. The van der Waals surface area contributed by atoms with Gasteiger partial charge in [-0.25, -0.2) is 0 Å². The predicted molar refractivity (Wildman–Crippen MR) is 147 cm³/mol. The Bertz CT molecular complexity index is 244. The number of hydrogen-bond donors (Lipinski definition) is 0. The van der Waals surface area contributed by atoms with Crippen molar-refractivity contribution in [3.05, 3.63) is 0 Å². The van der Waals surface area contributed by atoms with Gasteiger partial charge in [-0.05, 0) is 35.5 Å². The molecule has 0 saturated carbocycles. The Balaban J connectivity index is -0.000000410. The van der Waals surface area contributed by atoms with E-state index in [1.165, 1.54) is 37.0 Å². The van der Waals surface area contributed by atoms with Crippen LogP contribution in [0.1, 0.15) is 83.1 Å². The second-order valence-electron chi connectivity index (χ2n) is 11.1. The molecule has 0 nitrogen and oxygen atoms in total. The molecule has 0 bridgehead atoms. The van der Waals surface area contributed by atoms with Crippen molar-refractivity contribution in [1.29, 1.82) is 0 Å². The first-order chi connectivity index (χ1) is 13.2. The second-order valence-corrected chi connectivity index (χ2v) is 18.2. The molecule has 0 radical (unpaired) electrons. The van der Waals surface area contributed by atoms with E-state index in [4.69, 9.17) is 20.4 Å². The second kappa shape index (κ2) is 23.1. The third kappa shape index (κ3) is 34.7. The number of halogens is 2.